The average molecular weight is 128 g/mol. The predicted octanol–water partition coefficient (Wildman–Crippen LogP) is 0.606. The number of rotatable bonds is 2. The first-order valence-electron chi connectivity index (χ1n) is 2.31. The molecule has 1 aromatic heterocycles. The van der Waals surface area contributed by atoms with Crippen molar-refractivity contribution in [1.82, 2.24) is 15.2 Å². The van der Waals surface area contributed by atoms with Gasteiger partial charge in [0.15, 0.2) is 12.5 Å². The van der Waals surface area contributed by atoms with Gasteiger partial charge in [-0.3, -0.25) is 0 Å². The molecule has 0 unspecified atom stereocenters. The Hall–Kier alpha value is -1.26. The molecule has 0 aromatic carbocycles. The zero-order valence-electron chi connectivity index (χ0n) is 4.63. The van der Waals surface area contributed by atoms with E-state index in [2.05, 4.69) is 26.9 Å². The van der Waals surface area contributed by atoms with E-state index < -0.39 is 6.67 Å². The highest BCUT2D eigenvalue weighted by atomic mass is 19.1. The van der Waals surface area contributed by atoms with E-state index in [0.717, 1.165) is 0 Å². The van der Waals surface area contributed by atoms with E-state index in [-0.39, 0.29) is 11.8 Å². The highest BCUT2D eigenvalue weighted by Gasteiger charge is 1.97. The molecule has 0 aliphatic heterocycles. The predicted molar refractivity (Wildman–Crippen MR) is 30.4 cm³/mol. The number of H-pyrrole nitrogens is 1. The molecule has 0 bridgehead atoms. The van der Waals surface area contributed by atoms with Crippen molar-refractivity contribution in [1.29, 1.82) is 0 Å². The maximum atomic E-state index is 11.7. The molecule has 0 aliphatic carbocycles. The molecule has 0 aliphatic rings. The molecule has 5 heteroatoms. The van der Waals surface area contributed by atoms with Gasteiger partial charge in [0.05, 0.1) is 0 Å². The zero-order chi connectivity index (χ0) is 6.69. The summed E-state index contributed by atoms with van der Waals surface area (Å²) in [5.74, 6) is 0.361. The summed E-state index contributed by atoms with van der Waals surface area (Å²) in [6.07, 6.45) is 0. The zero-order valence-corrected chi connectivity index (χ0v) is 4.63. The topological polar surface area (TPSA) is 53.9 Å². The second kappa shape index (κ2) is 2.34. The number of nitrogens with zero attached hydrogens (tertiary/aromatic N) is 3. The maximum Gasteiger partial charge on any atom is 0.244 e. The number of aliphatic imine (C=N–C) groups is 1. The lowest BCUT2D eigenvalue weighted by Crippen LogP contribution is -1.78. The summed E-state index contributed by atoms with van der Waals surface area (Å²) < 4.78 is 11.7. The summed E-state index contributed by atoms with van der Waals surface area (Å²) >= 11 is 0. The first-order valence-corrected chi connectivity index (χ1v) is 2.31. The molecule has 0 fully saturated rings. The van der Waals surface area contributed by atoms with Crippen LogP contribution in [0.2, 0.25) is 0 Å². The first-order chi connectivity index (χ1) is 4.36. The van der Waals surface area contributed by atoms with Crippen LogP contribution in [-0.2, 0) is 6.67 Å². The fourth-order valence-electron chi connectivity index (χ4n) is 0.417. The number of nitrogens with one attached hydrogen (secondary N) is 1. The van der Waals surface area contributed by atoms with Crippen molar-refractivity contribution in [2.24, 2.45) is 4.99 Å². The first kappa shape index (κ1) is 5.87. The molecule has 0 amide bonds. The Kier molecular flexibility index (Phi) is 1.53. The van der Waals surface area contributed by atoms with Gasteiger partial charge in [0, 0.05) is 0 Å². The SMILES string of the molecule is C=Nc1nc(CF)n[nH]1. The molecule has 1 rings (SSSR count). The van der Waals surface area contributed by atoms with Gasteiger partial charge in [0.25, 0.3) is 0 Å². The minimum absolute atomic E-state index is 0.109. The van der Waals surface area contributed by atoms with Gasteiger partial charge < -0.3 is 0 Å². The van der Waals surface area contributed by atoms with Crippen LogP contribution in [0, 0.1) is 0 Å². The van der Waals surface area contributed by atoms with Crippen LogP contribution >= 0.6 is 0 Å². The number of alkyl halides is 1. The van der Waals surface area contributed by atoms with Crippen LogP contribution in [-0.4, -0.2) is 21.9 Å². The van der Waals surface area contributed by atoms with E-state index >= 15 is 0 Å². The summed E-state index contributed by atoms with van der Waals surface area (Å²) in [5, 5.41) is 5.84. The quantitative estimate of drug-likeness (QED) is 0.593. The second-order valence-corrected chi connectivity index (χ2v) is 1.37. The minimum Gasteiger partial charge on any atom is -0.243 e. The van der Waals surface area contributed by atoms with Crippen molar-refractivity contribution >= 4 is 12.7 Å². The molecule has 0 saturated heterocycles. The van der Waals surface area contributed by atoms with Gasteiger partial charge in [0.1, 0.15) is 0 Å². The number of aromatic nitrogens is 3. The monoisotopic (exact) mass is 128 g/mol. The molecule has 4 nitrogen and oxygen atoms in total. The van der Waals surface area contributed by atoms with Gasteiger partial charge in [-0.15, -0.1) is 0 Å². The van der Waals surface area contributed by atoms with Crippen molar-refractivity contribution in [3.05, 3.63) is 5.82 Å². The van der Waals surface area contributed by atoms with E-state index in [1.165, 1.54) is 0 Å². The number of aromatic amines is 1. The molecule has 9 heavy (non-hydrogen) atoms. The van der Waals surface area contributed by atoms with Crippen LogP contribution < -0.4 is 0 Å². The third-order valence-electron chi connectivity index (χ3n) is 0.789. The Morgan fingerprint density at radius 2 is 2.56 bits per heavy atom. The van der Waals surface area contributed by atoms with Gasteiger partial charge in [-0.2, -0.15) is 10.1 Å². The summed E-state index contributed by atoms with van der Waals surface area (Å²) in [7, 11) is 0. The van der Waals surface area contributed by atoms with Gasteiger partial charge >= 0.3 is 0 Å². The van der Waals surface area contributed by atoms with Crippen LogP contribution in [0.3, 0.4) is 0 Å². The Morgan fingerprint density at radius 3 is 2.89 bits per heavy atom. The Balaban J connectivity index is 2.86. The lowest BCUT2D eigenvalue weighted by atomic mass is 10.7. The number of hydrogen-bond acceptors (Lipinski definition) is 3. The standard InChI is InChI=1S/C4H5FN4/c1-6-4-7-3(2-5)8-9-4/h1-2H2,(H,7,8,9). The average Bonchev–Trinajstić information content (AvgIpc) is 2.34. The molecular weight excluding hydrogens is 123 g/mol. The highest BCUT2D eigenvalue weighted by Crippen LogP contribution is 2.00. The van der Waals surface area contributed by atoms with Crippen LogP contribution in [0.1, 0.15) is 5.82 Å². The molecule has 0 atom stereocenters. The smallest absolute Gasteiger partial charge is 0.243 e. The van der Waals surface area contributed by atoms with Crippen molar-refractivity contribution in [2.75, 3.05) is 0 Å². The van der Waals surface area contributed by atoms with Crippen molar-refractivity contribution < 1.29 is 4.39 Å². The van der Waals surface area contributed by atoms with Gasteiger partial charge in [-0.25, -0.2) is 14.5 Å². The minimum atomic E-state index is -0.675. The molecule has 0 spiro atoms. The summed E-state index contributed by atoms with van der Waals surface area (Å²) in [6.45, 7) is 2.50. The van der Waals surface area contributed by atoms with Crippen LogP contribution in [0.15, 0.2) is 4.99 Å². The highest BCUT2D eigenvalue weighted by molar-refractivity contribution is 5.33. The van der Waals surface area contributed by atoms with Gasteiger partial charge in [-0.1, -0.05) is 0 Å². The molecule has 1 heterocycles. The number of halogens is 1. The third-order valence-corrected chi connectivity index (χ3v) is 0.789. The van der Waals surface area contributed by atoms with Gasteiger partial charge in [0.2, 0.25) is 5.95 Å². The van der Waals surface area contributed by atoms with E-state index in [9.17, 15) is 4.39 Å². The largest absolute Gasteiger partial charge is 0.244 e. The van der Waals surface area contributed by atoms with Crippen LogP contribution in [0.5, 0.6) is 0 Å². The fraction of sp³-hybridized carbons (Fsp3) is 0.250. The van der Waals surface area contributed by atoms with Crippen LogP contribution in [0.4, 0.5) is 10.3 Å². The lowest BCUT2D eigenvalue weighted by molar-refractivity contribution is 0.466. The summed E-state index contributed by atoms with van der Waals surface area (Å²) in [4.78, 5) is 6.97. The van der Waals surface area contributed by atoms with E-state index in [0.29, 0.717) is 0 Å². The Labute approximate surface area is 50.8 Å². The normalized spacial score (nSPS) is 9.44. The fourth-order valence-corrected chi connectivity index (χ4v) is 0.417. The molecule has 48 valence electrons. The number of hydrogen-bond donors (Lipinski definition) is 1. The van der Waals surface area contributed by atoms with Crippen molar-refractivity contribution in [3.63, 3.8) is 0 Å². The lowest BCUT2D eigenvalue weighted by Gasteiger charge is -1.74. The molecule has 0 radical (unpaired) electrons. The Bertz CT molecular complexity index is 206. The van der Waals surface area contributed by atoms with Crippen molar-refractivity contribution in [2.45, 2.75) is 6.67 Å². The van der Waals surface area contributed by atoms with Crippen LogP contribution in [0.25, 0.3) is 0 Å². The van der Waals surface area contributed by atoms with E-state index in [4.69, 9.17) is 0 Å². The molecule has 1 N–H and O–H groups in total. The maximum absolute atomic E-state index is 11.7. The van der Waals surface area contributed by atoms with Gasteiger partial charge in [-0.05, 0) is 6.72 Å². The van der Waals surface area contributed by atoms with E-state index in [1.807, 2.05) is 0 Å². The molecule has 1 aromatic rings. The summed E-state index contributed by atoms with van der Waals surface area (Å²) in [5.41, 5.74) is 0. The van der Waals surface area contributed by atoms with Crippen molar-refractivity contribution in [3.8, 4) is 0 Å². The second-order valence-electron chi connectivity index (χ2n) is 1.37. The Morgan fingerprint density at radius 1 is 1.78 bits per heavy atom. The van der Waals surface area contributed by atoms with E-state index in [1.54, 1.807) is 0 Å². The third kappa shape index (κ3) is 1.10. The molecule has 0 saturated carbocycles. The molecular formula is C4H5FN4. The summed E-state index contributed by atoms with van der Waals surface area (Å²) in [6, 6.07) is 0.